The molecule has 0 radical (unpaired) electrons. The van der Waals surface area contributed by atoms with Crippen LogP contribution in [0.4, 0.5) is 25.0 Å². The van der Waals surface area contributed by atoms with E-state index in [4.69, 9.17) is 4.74 Å². The number of amides is 2. The Morgan fingerprint density at radius 1 is 0.951 bits per heavy atom. The lowest BCUT2D eigenvalue weighted by Crippen LogP contribution is -2.26. The number of H-pyrrole nitrogens is 1. The van der Waals surface area contributed by atoms with E-state index in [0.29, 0.717) is 28.2 Å². The first kappa shape index (κ1) is 26.1. The molecule has 0 bridgehead atoms. The number of alkyl halides is 2. The third-order valence-corrected chi connectivity index (χ3v) is 7.01. The van der Waals surface area contributed by atoms with Crippen molar-refractivity contribution >= 4 is 17.4 Å². The fourth-order valence-electron chi connectivity index (χ4n) is 5.07. The fourth-order valence-corrected chi connectivity index (χ4v) is 5.07. The van der Waals surface area contributed by atoms with Crippen molar-refractivity contribution in [2.24, 2.45) is 0 Å². The largest absolute Gasteiger partial charge is 0.485 e. The van der Waals surface area contributed by atoms with E-state index in [9.17, 15) is 4.79 Å². The lowest BCUT2D eigenvalue weighted by Gasteiger charge is -2.22. The average molecular weight is 553 g/mol. The number of carbonyl (C=O) groups is 1. The monoisotopic (exact) mass is 552 g/mol. The molecule has 2 heterocycles. The third-order valence-electron chi connectivity index (χ3n) is 7.01. The Balaban J connectivity index is 1.50. The van der Waals surface area contributed by atoms with Gasteiger partial charge in [0, 0.05) is 29.2 Å². The SMILES string of the molecule is Cc1ccc(NC(=O)Nc2cc(-c3ccccc3-c3nn[nH]n3)cc3c2OCC(F)(F)CC3c2ccccc2)cc1. The number of ether oxygens (including phenoxy) is 1. The molecule has 5 aromatic rings. The minimum atomic E-state index is -3.09. The lowest BCUT2D eigenvalue weighted by atomic mass is 9.84. The van der Waals surface area contributed by atoms with Gasteiger partial charge in [-0.05, 0) is 53.1 Å². The van der Waals surface area contributed by atoms with Gasteiger partial charge in [-0.3, -0.25) is 0 Å². The summed E-state index contributed by atoms with van der Waals surface area (Å²) in [6.45, 7) is 1.14. The summed E-state index contributed by atoms with van der Waals surface area (Å²) in [4.78, 5) is 13.2. The molecule has 1 unspecified atom stereocenters. The van der Waals surface area contributed by atoms with Crippen LogP contribution in [0.15, 0.2) is 91.0 Å². The summed E-state index contributed by atoms with van der Waals surface area (Å²) in [5.74, 6) is -3.20. The normalized spacial score (nSPS) is 15.7. The molecular weight excluding hydrogens is 526 g/mol. The van der Waals surface area contributed by atoms with Crippen LogP contribution in [0.2, 0.25) is 0 Å². The number of hydrogen-bond donors (Lipinski definition) is 3. The first-order valence-corrected chi connectivity index (χ1v) is 13.1. The highest BCUT2D eigenvalue weighted by Crippen LogP contribution is 2.48. The summed E-state index contributed by atoms with van der Waals surface area (Å²) in [5.41, 5.74) is 5.27. The zero-order chi connectivity index (χ0) is 28.4. The maximum Gasteiger partial charge on any atom is 0.323 e. The summed E-state index contributed by atoms with van der Waals surface area (Å²) in [6.07, 6.45) is -0.449. The zero-order valence-corrected chi connectivity index (χ0v) is 22.1. The number of tetrazole rings is 1. The van der Waals surface area contributed by atoms with Crippen molar-refractivity contribution in [2.75, 3.05) is 17.2 Å². The molecule has 10 heteroatoms. The van der Waals surface area contributed by atoms with Crippen LogP contribution in [0.1, 0.15) is 29.0 Å². The van der Waals surface area contributed by atoms with Crippen LogP contribution in [0.5, 0.6) is 5.75 Å². The molecule has 1 aromatic heterocycles. The Hall–Kier alpha value is -5.12. The number of hydrogen-bond acceptors (Lipinski definition) is 5. The molecule has 0 fully saturated rings. The summed E-state index contributed by atoms with van der Waals surface area (Å²) in [7, 11) is 0. The maximum atomic E-state index is 15.1. The van der Waals surface area contributed by atoms with E-state index in [1.807, 2.05) is 79.7 Å². The standard InChI is InChI=1S/C31H26F2N6O2/c1-19-11-13-22(14-12-19)34-30(40)35-27-16-21(23-9-5-6-10-24(23)29-36-38-39-37-29)15-25-26(20-7-3-2-4-8-20)17-31(32,33)18-41-28(25)27/h2-16,26H,17-18H2,1H3,(H2,34,35,40)(H,36,37,38,39). The number of aromatic amines is 1. The number of aromatic nitrogens is 4. The summed E-state index contributed by atoms with van der Waals surface area (Å²) in [6, 6.07) is 27.0. The van der Waals surface area contributed by atoms with Crippen LogP contribution in [-0.2, 0) is 0 Å². The van der Waals surface area contributed by atoms with Crippen LogP contribution in [0, 0.1) is 6.92 Å². The number of urea groups is 1. The Morgan fingerprint density at radius 3 is 2.41 bits per heavy atom. The Labute approximate surface area is 234 Å². The number of rotatable bonds is 5. The van der Waals surface area contributed by atoms with Gasteiger partial charge in [0.2, 0.25) is 5.82 Å². The lowest BCUT2D eigenvalue weighted by molar-refractivity contribution is -0.0448. The second-order valence-corrected chi connectivity index (χ2v) is 9.98. The predicted octanol–water partition coefficient (Wildman–Crippen LogP) is 7.04. The van der Waals surface area contributed by atoms with Gasteiger partial charge in [0.25, 0.3) is 5.92 Å². The van der Waals surface area contributed by atoms with Gasteiger partial charge < -0.3 is 15.4 Å². The Morgan fingerprint density at radius 2 is 1.68 bits per heavy atom. The molecule has 1 atom stereocenters. The third kappa shape index (κ3) is 5.62. The van der Waals surface area contributed by atoms with E-state index in [-0.39, 0.29) is 11.4 Å². The van der Waals surface area contributed by atoms with Crippen molar-refractivity contribution in [2.45, 2.75) is 25.2 Å². The number of aryl methyl sites for hydroxylation is 1. The first-order valence-electron chi connectivity index (χ1n) is 13.1. The predicted molar refractivity (Wildman–Crippen MR) is 152 cm³/mol. The summed E-state index contributed by atoms with van der Waals surface area (Å²) in [5, 5.41) is 20.1. The van der Waals surface area contributed by atoms with Gasteiger partial charge in [0.15, 0.2) is 6.61 Å². The molecule has 0 saturated carbocycles. The van der Waals surface area contributed by atoms with E-state index < -0.39 is 30.9 Å². The quantitative estimate of drug-likeness (QED) is 0.217. The molecule has 4 aromatic carbocycles. The second-order valence-electron chi connectivity index (χ2n) is 9.98. The van der Waals surface area contributed by atoms with Crippen molar-refractivity contribution in [1.29, 1.82) is 0 Å². The fraction of sp³-hybridized carbons (Fsp3) is 0.161. The van der Waals surface area contributed by atoms with Gasteiger partial charge in [-0.25, -0.2) is 13.6 Å². The summed E-state index contributed by atoms with van der Waals surface area (Å²) < 4.78 is 36.0. The molecule has 0 aliphatic carbocycles. The number of nitrogens with one attached hydrogen (secondary N) is 3. The van der Waals surface area contributed by atoms with Gasteiger partial charge in [-0.15, -0.1) is 10.2 Å². The highest BCUT2D eigenvalue weighted by Gasteiger charge is 2.40. The molecule has 2 amide bonds. The molecule has 8 nitrogen and oxygen atoms in total. The highest BCUT2D eigenvalue weighted by molar-refractivity contribution is 6.01. The van der Waals surface area contributed by atoms with Crippen LogP contribution in [0.25, 0.3) is 22.5 Å². The molecule has 6 rings (SSSR count). The van der Waals surface area contributed by atoms with Gasteiger partial charge in [-0.2, -0.15) is 5.21 Å². The highest BCUT2D eigenvalue weighted by atomic mass is 19.3. The van der Waals surface area contributed by atoms with Gasteiger partial charge in [0.1, 0.15) is 5.75 Å². The molecule has 206 valence electrons. The van der Waals surface area contributed by atoms with E-state index in [0.717, 1.165) is 16.7 Å². The zero-order valence-electron chi connectivity index (χ0n) is 22.1. The van der Waals surface area contributed by atoms with E-state index in [1.54, 1.807) is 18.2 Å². The van der Waals surface area contributed by atoms with E-state index in [2.05, 4.69) is 31.3 Å². The molecule has 3 N–H and O–H groups in total. The van der Waals surface area contributed by atoms with Gasteiger partial charge in [0.05, 0.1) is 5.69 Å². The number of carbonyl (C=O) groups excluding carboxylic acids is 1. The number of anilines is 2. The average Bonchev–Trinajstić information content (AvgIpc) is 3.47. The Bertz CT molecular complexity index is 1680. The van der Waals surface area contributed by atoms with Crippen molar-refractivity contribution in [3.63, 3.8) is 0 Å². The minimum Gasteiger partial charge on any atom is -0.485 e. The molecule has 0 spiro atoms. The molecule has 1 aliphatic heterocycles. The van der Waals surface area contributed by atoms with E-state index >= 15 is 8.78 Å². The van der Waals surface area contributed by atoms with Gasteiger partial charge in [-0.1, -0.05) is 72.3 Å². The molecule has 0 saturated heterocycles. The van der Waals surface area contributed by atoms with Crippen LogP contribution in [0.3, 0.4) is 0 Å². The van der Waals surface area contributed by atoms with E-state index in [1.165, 1.54) is 0 Å². The first-order chi connectivity index (χ1) is 19.9. The number of halogens is 2. The topological polar surface area (TPSA) is 105 Å². The number of fused-ring (bicyclic) bond motifs is 1. The molecule has 41 heavy (non-hydrogen) atoms. The molecular formula is C31H26F2N6O2. The summed E-state index contributed by atoms with van der Waals surface area (Å²) >= 11 is 0. The maximum absolute atomic E-state index is 15.1. The Kier molecular flexibility index (Phi) is 6.88. The van der Waals surface area contributed by atoms with Crippen LogP contribution < -0.4 is 15.4 Å². The van der Waals surface area contributed by atoms with Gasteiger partial charge >= 0.3 is 6.03 Å². The van der Waals surface area contributed by atoms with Crippen LogP contribution >= 0.6 is 0 Å². The van der Waals surface area contributed by atoms with Crippen molar-refractivity contribution in [1.82, 2.24) is 20.6 Å². The van der Waals surface area contributed by atoms with Crippen molar-refractivity contribution in [3.05, 3.63) is 108 Å². The number of nitrogens with zero attached hydrogens (tertiary/aromatic N) is 3. The van der Waals surface area contributed by atoms with Crippen LogP contribution in [-0.4, -0.2) is 39.2 Å². The smallest absolute Gasteiger partial charge is 0.323 e. The number of benzene rings is 4. The van der Waals surface area contributed by atoms with Crippen molar-refractivity contribution < 1.29 is 18.3 Å². The molecule has 1 aliphatic rings. The van der Waals surface area contributed by atoms with Crippen molar-refractivity contribution in [3.8, 4) is 28.3 Å². The minimum absolute atomic E-state index is 0.205. The second kappa shape index (κ2) is 10.8.